The Morgan fingerprint density at radius 1 is 1.53 bits per heavy atom. The van der Waals surface area contributed by atoms with Gasteiger partial charge in [-0.1, -0.05) is 40.2 Å². The molecule has 0 aliphatic carbocycles. The molecule has 15 heavy (non-hydrogen) atoms. The van der Waals surface area contributed by atoms with Gasteiger partial charge in [-0.3, -0.25) is 0 Å². The lowest BCUT2D eigenvalue weighted by Gasteiger charge is -2.08. The summed E-state index contributed by atoms with van der Waals surface area (Å²) < 4.78 is 4.73. The number of halogens is 1. The van der Waals surface area contributed by atoms with Crippen molar-refractivity contribution in [1.82, 2.24) is 0 Å². The number of ether oxygens (including phenoxy) is 1. The van der Waals surface area contributed by atoms with Crippen molar-refractivity contribution in [2.45, 2.75) is 12.3 Å². The van der Waals surface area contributed by atoms with E-state index >= 15 is 0 Å². The summed E-state index contributed by atoms with van der Waals surface area (Å²) in [4.78, 5) is 11.5. The summed E-state index contributed by atoms with van der Waals surface area (Å²) in [7, 11) is 1.39. The SMILES string of the molecule is C/C=C\c1cccc(C(=O)OC)c1CBr. The first-order valence-corrected chi connectivity index (χ1v) is 5.75. The molecule has 0 N–H and O–H groups in total. The van der Waals surface area contributed by atoms with Gasteiger partial charge < -0.3 is 4.74 Å². The standard InChI is InChI=1S/C12H13BrO2/c1-3-5-9-6-4-7-10(11(9)8-13)12(14)15-2/h3-7H,8H2,1-2H3/b5-3-. The van der Waals surface area contributed by atoms with Crippen molar-refractivity contribution < 1.29 is 9.53 Å². The van der Waals surface area contributed by atoms with Crippen LogP contribution in [0.3, 0.4) is 0 Å². The van der Waals surface area contributed by atoms with Crippen LogP contribution in [0.15, 0.2) is 24.3 Å². The predicted octanol–water partition coefficient (Wildman–Crippen LogP) is 3.40. The van der Waals surface area contributed by atoms with E-state index in [9.17, 15) is 4.79 Å². The van der Waals surface area contributed by atoms with Gasteiger partial charge in [-0.2, -0.15) is 0 Å². The monoisotopic (exact) mass is 268 g/mol. The van der Waals surface area contributed by atoms with Crippen LogP contribution in [0.1, 0.15) is 28.4 Å². The van der Waals surface area contributed by atoms with Crippen LogP contribution in [0.4, 0.5) is 0 Å². The first-order valence-electron chi connectivity index (χ1n) is 4.63. The number of carbonyl (C=O) groups excluding carboxylic acids is 1. The average Bonchev–Trinajstić information content (AvgIpc) is 2.28. The molecular weight excluding hydrogens is 256 g/mol. The van der Waals surface area contributed by atoms with Crippen LogP contribution < -0.4 is 0 Å². The van der Waals surface area contributed by atoms with Crippen LogP contribution >= 0.6 is 15.9 Å². The number of esters is 1. The first kappa shape index (κ1) is 12.0. The highest BCUT2D eigenvalue weighted by Crippen LogP contribution is 2.20. The molecule has 0 fully saturated rings. The van der Waals surface area contributed by atoms with Crippen molar-refractivity contribution in [2.75, 3.05) is 7.11 Å². The molecule has 2 nitrogen and oxygen atoms in total. The molecule has 0 radical (unpaired) electrons. The molecule has 3 heteroatoms. The number of hydrogen-bond donors (Lipinski definition) is 0. The summed E-state index contributed by atoms with van der Waals surface area (Å²) in [5.74, 6) is -0.296. The highest BCUT2D eigenvalue weighted by molar-refractivity contribution is 9.08. The van der Waals surface area contributed by atoms with Gasteiger partial charge in [0.25, 0.3) is 0 Å². The van der Waals surface area contributed by atoms with Gasteiger partial charge in [0.1, 0.15) is 0 Å². The molecule has 0 saturated carbocycles. The molecule has 0 unspecified atom stereocenters. The number of benzene rings is 1. The number of rotatable bonds is 3. The van der Waals surface area contributed by atoms with Gasteiger partial charge in [-0.25, -0.2) is 4.79 Å². The van der Waals surface area contributed by atoms with E-state index in [1.165, 1.54) is 7.11 Å². The van der Waals surface area contributed by atoms with Crippen molar-refractivity contribution in [3.63, 3.8) is 0 Å². The Balaban J connectivity index is 3.27. The van der Waals surface area contributed by atoms with Gasteiger partial charge in [0, 0.05) is 5.33 Å². The lowest BCUT2D eigenvalue weighted by Crippen LogP contribution is -2.05. The van der Waals surface area contributed by atoms with Crippen LogP contribution in [0.2, 0.25) is 0 Å². The van der Waals surface area contributed by atoms with Crippen molar-refractivity contribution in [1.29, 1.82) is 0 Å². The third kappa shape index (κ3) is 2.69. The molecule has 0 saturated heterocycles. The average molecular weight is 269 g/mol. The first-order chi connectivity index (χ1) is 7.24. The van der Waals surface area contributed by atoms with Gasteiger partial charge >= 0.3 is 5.97 Å². The lowest BCUT2D eigenvalue weighted by atomic mass is 10.0. The van der Waals surface area contributed by atoms with Crippen LogP contribution in [0, 0.1) is 0 Å². The zero-order valence-electron chi connectivity index (χ0n) is 8.79. The highest BCUT2D eigenvalue weighted by atomic mass is 79.9. The van der Waals surface area contributed by atoms with Crippen LogP contribution in [-0.2, 0) is 10.1 Å². The second-order valence-corrected chi connectivity index (χ2v) is 3.56. The summed E-state index contributed by atoms with van der Waals surface area (Å²) in [6, 6.07) is 5.60. The Morgan fingerprint density at radius 2 is 2.27 bits per heavy atom. The minimum Gasteiger partial charge on any atom is -0.465 e. The molecule has 0 spiro atoms. The van der Waals surface area contributed by atoms with Crippen molar-refractivity contribution in [2.24, 2.45) is 0 Å². The molecule has 0 bridgehead atoms. The second-order valence-electron chi connectivity index (χ2n) is 3.00. The van der Waals surface area contributed by atoms with Gasteiger partial charge in [0.05, 0.1) is 12.7 Å². The fraction of sp³-hybridized carbons (Fsp3) is 0.250. The Kier molecular flexibility index (Phi) is 4.56. The normalized spacial score (nSPS) is 10.6. The zero-order chi connectivity index (χ0) is 11.3. The van der Waals surface area contributed by atoms with E-state index in [0.29, 0.717) is 10.9 Å². The Labute approximate surface area is 98.1 Å². The van der Waals surface area contributed by atoms with Crippen LogP contribution in [-0.4, -0.2) is 13.1 Å². The summed E-state index contributed by atoms with van der Waals surface area (Å²) in [5.41, 5.74) is 2.62. The van der Waals surface area contributed by atoms with Crippen molar-refractivity contribution in [3.05, 3.63) is 41.0 Å². The smallest absolute Gasteiger partial charge is 0.338 e. The fourth-order valence-electron chi connectivity index (χ4n) is 1.39. The number of carbonyl (C=O) groups is 1. The molecule has 0 aliphatic rings. The van der Waals surface area contributed by atoms with Gasteiger partial charge in [-0.15, -0.1) is 0 Å². The second kappa shape index (κ2) is 5.71. The topological polar surface area (TPSA) is 26.3 Å². The summed E-state index contributed by atoms with van der Waals surface area (Å²) in [5, 5.41) is 0.637. The predicted molar refractivity (Wildman–Crippen MR) is 65.1 cm³/mol. The Hall–Kier alpha value is -1.09. The molecule has 1 rings (SSSR count). The number of alkyl halides is 1. The molecule has 0 aliphatic heterocycles. The van der Waals surface area contributed by atoms with E-state index in [2.05, 4.69) is 15.9 Å². The van der Waals surface area contributed by atoms with E-state index in [1.54, 1.807) is 6.07 Å². The minimum atomic E-state index is -0.296. The molecule has 0 amide bonds. The Bertz CT molecular complexity index is 383. The molecule has 0 atom stereocenters. The molecule has 1 aromatic carbocycles. The van der Waals surface area contributed by atoms with Crippen molar-refractivity contribution in [3.8, 4) is 0 Å². The maximum Gasteiger partial charge on any atom is 0.338 e. The van der Waals surface area contributed by atoms with E-state index in [-0.39, 0.29) is 5.97 Å². The van der Waals surface area contributed by atoms with E-state index in [0.717, 1.165) is 11.1 Å². The van der Waals surface area contributed by atoms with Gasteiger partial charge in [0.15, 0.2) is 0 Å². The Morgan fingerprint density at radius 3 is 2.80 bits per heavy atom. The number of allylic oxidation sites excluding steroid dienone is 1. The molecule has 0 aromatic heterocycles. The minimum absolute atomic E-state index is 0.296. The third-order valence-corrected chi connectivity index (χ3v) is 2.66. The number of methoxy groups -OCH3 is 1. The summed E-state index contributed by atoms with van der Waals surface area (Å²) in [6.45, 7) is 1.95. The largest absolute Gasteiger partial charge is 0.465 e. The van der Waals surface area contributed by atoms with Crippen LogP contribution in [0.5, 0.6) is 0 Å². The van der Waals surface area contributed by atoms with Gasteiger partial charge in [-0.05, 0) is 24.1 Å². The maximum absolute atomic E-state index is 11.5. The van der Waals surface area contributed by atoms with E-state index in [1.807, 2.05) is 31.2 Å². The fourth-order valence-corrected chi connectivity index (χ4v) is 2.02. The molecule has 1 aromatic rings. The lowest BCUT2D eigenvalue weighted by molar-refractivity contribution is 0.0600. The molecular formula is C12H13BrO2. The van der Waals surface area contributed by atoms with Gasteiger partial charge in [0.2, 0.25) is 0 Å². The van der Waals surface area contributed by atoms with E-state index in [4.69, 9.17) is 4.74 Å². The third-order valence-electron chi connectivity index (χ3n) is 2.10. The summed E-state index contributed by atoms with van der Waals surface area (Å²) in [6.07, 6.45) is 3.92. The number of hydrogen-bond acceptors (Lipinski definition) is 2. The zero-order valence-corrected chi connectivity index (χ0v) is 10.4. The van der Waals surface area contributed by atoms with Crippen LogP contribution in [0.25, 0.3) is 6.08 Å². The quantitative estimate of drug-likeness (QED) is 0.621. The maximum atomic E-state index is 11.5. The highest BCUT2D eigenvalue weighted by Gasteiger charge is 2.12. The molecule has 80 valence electrons. The van der Waals surface area contributed by atoms with Crippen molar-refractivity contribution >= 4 is 28.0 Å². The van der Waals surface area contributed by atoms with E-state index < -0.39 is 0 Å². The molecule has 0 heterocycles. The summed E-state index contributed by atoms with van der Waals surface area (Å²) >= 11 is 3.39.